The highest BCUT2D eigenvalue weighted by molar-refractivity contribution is 7.91. The molecular weight excluding hydrogens is 393 g/mol. The van der Waals surface area contributed by atoms with Crippen LogP contribution in [0.4, 0.5) is 0 Å². The van der Waals surface area contributed by atoms with Crippen LogP contribution in [0.3, 0.4) is 0 Å². The van der Waals surface area contributed by atoms with Gasteiger partial charge in [0, 0.05) is 36.4 Å². The molecule has 1 saturated heterocycles. The Morgan fingerprint density at radius 2 is 2.17 bits per heavy atom. The van der Waals surface area contributed by atoms with Crippen molar-refractivity contribution in [3.05, 3.63) is 29.3 Å². The number of amides is 1. The fourth-order valence-electron chi connectivity index (χ4n) is 2.53. The minimum absolute atomic E-state index is 0. The predicted octanol–water partition coefficient (Wildman–Crippen LogP) is 1.69. The van der Waals surface area contributed by atoms with Gasteiger partial charge in [-0.2, -0.15) is 4.31 Å². The molecule has 0 aliphatic carbocycles. The lowest BCUT2D eigenvalue weighted by atomic mass is 10.2. The Kier molecular flexibility index (Phi) is 6.11. The van der Waals surface area contributed by atoms with Crippen molar-refractivity contribution in [1.29, 1.82) is 0 Å². The van der Waals surface area contributed by atoms with Gasteiger partial charge in [-0.3, -0.25) is 4.79 Å². The minimum atomic E-state index is -3.62. The molecule has 10 heteroatoms. The summed E-state index contributed by atoms with van der Waals surface area (Å²) in [5, 5.41) is 6.98. The highest BCUT2D eigenvalue weighted by Gasteiger charge is 2.33. The van der Waals surface area contributed by atoms with E-state index in [4.69, 9.17) is 11.6 Å². The highest BCUT2D eigenvalue weighted by Crippen LogP contribution is 2.32. The number of benzene rings is 1. The Hall–Kier alpha value is -0.900. The Balaban J connectivity index is 0.00000208. The fraction of sp³-hybridized carbons (Fsp3) is 0.357. The summed E-state index contributed by atoms with van der Waals surface area (Å²) in [5.74, 6) is -0.215. The minimum Gasteiger partial charge on any atom is -0.358 e. The topological polar surface area (TPSA) is 78.5 Å². The lowest BCUT2D eigenvalue weighted by Crippen LogP contribution is -2.57. The summed E-state index contributed by atoms with van der Waals surface area (Å²) < 4.78 is 28.1. The van der Waals surface area contributed by atoms with Crippen LogP contribution in [-0.4, -0.2) is 51.4 Å². The molecule has 1 aromatic heterocycles. The van der Waals surface area contributed by atoms with E-state index in [1.807, 2.05) is 0 Å². The number of carbonyl (C=O) groups excluding carboxylic acids is 1. The zero-order chi connectivity index (χ0) is 16.6. The Morgan fingerprint density at radius 1 is 1.42 bits per heavy atom. The number of fused-ring (bicyclic) bond motifs is 1. The number of carbonyl (C=O) groups is 1. The Bertz CT molecular complexity index is 854. The summed E-state index contributed by atoms with van der Waals surface area (Å²) in [6.45, 7) is 0.899. The van der Waals surface area contributed by atoms with Gasteiger partial charge in [-0.1, -0.05) is 17.7 Å². The van der Waals surface area contributed by atoms with Crippen molar-refractivity contribution >= 4 is 61.4 Å². The number of piperazine rings is 1. The van der Waals surface area contributed by atoms with Crippen molar-refractivity contribution in [1.82, 2.24) is 14.9 Å². The van der Waals surface area contributed by atoms with Crippen molar-refractivity contribution in [2.45, 2.75) is 10.3 Å². The quantitative estimate of drug-likeness (QED) is 0.807. The molecule has 0 spiro atoms. The van der Waals surface area contributed by atoms with E-state index in [-0.39, 0.29) is 29.1 Å². The molecule has 6 nitrogen and oxygen atoms in total. The smallest absolute Gasteiger partial charge is 0.252 e. The van der Waals surface area contributed by atoms with Gasteiger partial charge in [0.05, 0.1) is 0 Å². The third-order valence-electron chi connectivity index (χ3n) is 3.75. The van der Waals surface area contributed by atoms with E-state index in [0.29, 0.717) is 18.1 Å². The standard InChI is InChI=1S/C14H16ClN3O3S2.ClH/c1-16-14(19)11-8-18(5-4-17-11)23(20,21)13-6-9-2-3-10(15)7-12(9)22-13;/h2-3,6-7,11,17H,4-5,8H2,1H3,(H,16,19);1H. The largest absolute Gasteiger partial charge is 0.358 e. The molecule has 1 unspecified atom stereocenters. The van der Waals surface area contributed by atoms with Crippen molar-refractivity contribution in [2.24, 2.45) is 0 Å². The average Bonchev–Trinajstić information content (AvgIpc) is 2.98. The van der Waals surface area contributed by atoms with Gasteiger partial charge in [0.1, 0.15) is 10.3 Å². The zero-order valence-corrected chi connectivity index (χ0v) is 16.0. The molecule has 1 aliphatic rings. The first-order chi connectivity index (χ1) is 10.9. The van der Waals surface area contributed by atoms with E-state index >= 15 is 0 Å². The summed E-state index contributed by atoms with van der Waals surface area (Å²) in [5.41, 5.74) is 0. The molecule has 132 valence electrons. The van der Waals surface area contributed by atoms with Crippen LogP contribution >= 0.6 is 35.3 Å². The lowest BCUT2D eigenvalue weighted by Gasteiger charge is -2.31. The number of nitrogens with one attached hydrogen (secondary N) is 2. The summed E-state index contributed by atoms with van der Waals surface area (Å²) in [6, 6.07) is 6.42. The van der Waals surface area contributed by atoms with E-state index in [2.05, 4.69) is 10.6 Å². The third kappa shape index (κ3) is 3.68. The number of hydrogen-bond acceptors (Lipinski definition) is 5. The highest BCUT2D eigenvalue weighted by atomic mass is 35.5. The molecule has 1 aliphatic heterocycles. The van der Waals surface area contributed by atoms with Gasteiger partial charge >= 0.3 is 0 Å². The first-order valence-corrected chi connectivity index (χ1v) is 9.69. The van der Waals surface area contributed by atoms with Gasteiger partial charge in [0.2, 0.25) is 5.91 Å². The van der Waals surface area contributed by atoms with Crippen LogP contribution in [0, 0.1) is 0 Å². The summed E-state index contributed by atoms with van der Waals surface area (Å²) in [7, 11) is -2.09. The predicted molar refractivity (Wildman–Crippen MR) is 98.7 cm³/mol. The second-order valence-corrected chi connectivity index (χ2v) is 8.92. The van der Waals surface area contributed by atoms with E-state index in [0.717, 1.165) is 10.1 Å². The van der Waals surface area contributed by atoms with Crippen LogP contribution in [0.25, 0.3) is 10.1 Å². The molecule has 0 radical (unpaired) electrons. The molecule has 0 bridgehead atoms. The maximum atomic E-state index is 12.8. The number of halogens is 2. The molecule has 1 amide bonds. The van der Waals surface area contributed by atoms with E-state index in [9.17, 15) is 13.2 Å². The number of rotatable bonds is 3. The van der Waals surface area contributed by atoms with Crippen molar-refractivity contribution < 1.29 is 13.2 Å². The van der Waals surface area contributed by atoms with Gasteiger partial charge in [0.15, 0.2) is 0 Å². The lowest BCUT2D eigenvalue weighted by molar-refractivity contribution is -0.123. The molecule has 2 N–H and O–H groups in total. The van der Waals surface area contributed by atoms with Crippen LogP contribution in [0.5, 0.6) is 0 Å². The van der Waals surface area contributed by atoms with Gasteiger partial charge < -0.3 is 10.6 Å². The maximum Gasteiger partial charge on any atom is 0.252 e. The van der Waals surface area contributed by atoms with Crippen LogP contribution in [0.15, 0.2) is 28.5 Å². The van der Waals surface area contributed by atoms with Crippen LogP contribution in [0.2, 0.25) is 5.02 Å². The van der Waals surface area contributed by atoms with E-state index < -0.39 is 16.1 Å². The SMILES string of the molecule is CNC(=O)C1CN(S(=O)(=O)c2cc3ccc(Cl)cc3s2)CCN1.Cl. The number of sulfonamides is 1. The van der Waals surface area contributed by atoms with Crippen molar-refractivity contribution in [3.8, 4) is 0 Å². The molecule has 1 fully saturated rings. The summed E-state index contributed by atoms with van der Waals surface area (Å²) in [6.07, 6.45) is 0. The third-order valence-corrected chi connectivity index (χ3v) is 7.40. The summed E-state index contributed by atoms with van der Waals surface area (Å²) in [4.78, 5) is 11.7. The second kappa shape index (κ2) is 7.55. The Labute approximate surface area is 155 Å². The van der Waals surface area contributed by atoms with Crippen molar-refractivity contribution in [3.63, 3.8) is 0 Å². The first-order valence-electron chi connectivity index (χ1n) is 7.06. The Morgan fingerprint density at radius 3 is 2.88 bits per heavy atom. The van der Waals surface area contributed by atoms with Gasteiger partial charge in [-0.05, 0) is 23.6 Å². The van der Waals surface area contributed by atoms with Crippen LogP contribution < -0.4 is 10.6 Å². The van der Waals surface area contributed by atoms with E-state index in [1.54, 1.807) is 24.3 Å². The molecule has 3 rings (SSSR count). The number of hydrogen-bond donors (Lipinski definition) is 2. The zero-order valence-electron chi connectivity index (χ0n) is 12.8. The van der Waals surface area contributed by atoms with Gasteiger partial charge in [-0.15, -0.1) is 23.7 Å². The number of thiophene rings is 1. The monoisotopic (exact) mass is 409 g/mol. The molecule has 1 atom stereocenters. The maximum absolute atomic E-state index is 12.8. The van der Waals surface area contributed by atoms with Crippen LogP contribution in [-0.2, 0) is 14.8 Å². The molecular formula is C14H17Cl2N3O3S2. The molecule has 24 heavy (non-hydrogen) atoms. The van der Waals surface area contributed by atoms with Crippen molar-refractivity contribution in [2.75, 3.05) is 26.7 Å². The first kappa shape index (κ1) is 19.4. The van der Waals surface area contributed by atoms with Gasteiger partial charge in [-0.25, -0.2) is 8.42 Å². The molecule has 2 heterocycles. The molecule has 0 saturated carbocycles. The number of nitrogens with zero attached hydrogens (tertiary/aromatic N) is 1. The number of likely N-dealkylation sites (N-methyl/N-ethyl adjacent to an activating group) is 1. The summed E-state index contributed by atoms with van der Waals surface area (Å²) >= 11 is 7.15. The van der Waals surface area contributed by atoms with Crippen LogP contribution in [0.1, 0.15) is 0 Å². The normalized spacial score (nSPS) is 19.0. The fourth-order valence-corrected chi connectivity index (χ4v) is 5.81. The molecule has 2 aromatic rings. The van der Waals surface area contributed by atoms with Gasteiger partial charge in [0.25, 0.3) is 10.0 Å². The average molecular weight is 410 g/mol. The molecule has 1 aromatic carbocycles. The second-order valence-electron chi connectivity index (χ2n) is 5.23. The van der Waals surface area contributed by atoms with E-state index in [1.165, 1.54) is 22.7 Å².